The van der Waals surface area contributed by atoms with Crippen molar-refractivity contribution in [2.75, 3.05) is 10.8 Å². The Bertz CT molecular complexity index is 1350. The predicted molar refractivity (Wildman–Crippen MR) is 124 cm³/mol. The maximum Gasteiger partial charge on any atom is 0.264 e. The van der Waals surface area contributed by atoms with Crippen LogP contribution in [-0.4, -0.2) is 30.3 Å². The predicted octanol–water partition coefficient (Wildman–Crippen LogP) is 4.13. The molecule has 0 aliphatic heterocycles. The van der Waals surface area contributed by atoms with Crippen LogP contribution in [0.15, 0.2) is 84.0 Å². The number of amides is 1. The van der Waals surface area contributed by atoms with Gasteiger partial charge < -0.3 is 9.72 Å². The molecule has 0 aliphatic carbocycles. The molecule has 4 aromatic rings. The van der Waals surface area contributed by atoms with Crippen molar-refractivity contribution in [3.05, 3.63) is 95.4 Å². The van der Waals surface area contributed by atoms with Crippen LogP contribution in [0.25, 0.3) is 5.65 Å². The molecule has 2 aromatic heterocycles. The van der Waals surface area contributed by atoms with Crippen molar-refractivity contribution in [3.63, 3.8) is 0 Å². The number of nitrogens with zero attached hydrogens (tertiary/aromatic N) is 3. The van der Waals surface area contributed by atoms with E-state index in [9.17, 15) is 13.2 Å². The Balaban J connectivity index is 1.46. The van der Waals surface area contributed by atoms with Crippen LogP contribution in [0.3, 0.4) is 0 Å². The lowest BCUT2D eigenvalue weighted by Gasteiger charge is -2.23. The zero-order valence-electron chi connectivity index (χ0n) is 17.3. The van der Waals surface area contributed by atoms with E-state index >= 15 is 0 Å². The van der Waals surface area contributed by atoms with E-state index in [2.05, 4.69) is 10.3 Å². The van der Waals surface area contributed by atoms with Gasteiger partial charge >= 0.3 is 0 Å². The van der Waals surface area contributed by atoms with E-state index in [1.54, 1.807) is 60.1 Å². The van der Waals surface area contributed by atoms with E-state index in [4.69, 9.17) is 11.6 Å². The summed E-state index contributed by atoms with van der Waals surface area (Å²) in [4.78, 5) is 17.1. The summed E-state index contributed by atoms with van der Waals surface area (Å²) in [5.74, 6) is -0.320. The summed E-state index contributed by atoms with van der Waals surface area (Å²) >= 11 is 5.98. The highest BCUT2D eigenvalue weighted by Crippen LogP contribution is 2.23. The van der Waals surface area contributed by atoms with Crippen molar-refractivity contribution in [1.82, 2.24) is 14.7 Å². The first-order valence-electron chi connectivity index (χ1n) is 9.97. The Labute approximate surface area is 191 Å². The van der Waals surface area contributed by atoms with Gasteiger partial charge in [-0.1, -0.05) is 29.8 Å². The van der Waals surface area contributed by atoms with Gasteiger partial charge in [0.1, 0.15) is 5.65 Å². The van der Waals surface area contributed by atoms with Gasteiger partial charge in [0, 0.05) is 24.5 Å². The molecule has 0 saturated carbocycles. The van der Waals surface area contributed by atoms with E-state index in [0.29, 0.717) is 28.5 Å². The summed E-state index contributed by atoms with van der Waals surface area (Å²) in [7, 11) is -3.74. The third-order valence-electron chi connectivity index (χ3n) is 4.93. The van der Waals surface area contributed by atoms with Crippen LogP contribution >= 0.6 is 11.6 Å². The van der Waals surface area contributed by atoms with E-state index in [-0.39, 0.29) is 17.3 Å². The molecule has 0 bridgehead atoms. The fraction of sp³-hybridized carbons (Fsp3) is 0.130. The van der Waals surface area contributed by atoms with E-state index in [0.717, 1.165) is 5.65 Å². The van der Waals surface area contributed by atoms with E-state index in [1.807, 2.05) is 6.07 Å². The summed E-state index contributed by atoms with van der Waals surface area (Å²) in [6.07, 6.45) is 3.53. The summed E-state index contributed by atoms with van der Waals surface area (Å²) in [5, 5.41) is 3.39. The van der Waals surface area contributed by atoms with Crippen molar-refractivity contribution >= 4 is 38.9 Å². The number of pyridine rings is 1. The minimum absolute atomic E-state index is 0.122. The third-order valence-corrected chi connectivity index (χ3v) is 7.07. The van der Waals surface area contributed by atoms with Crippen LogP contribution in [0, 0.1) is 0 Å². The van der Waals surface area contributed by atoms with E-state index < -0.39 is 10.0 Å². The quantitative estimate of drug-likeness (QED) is 0.442. The molecule has 164 valence electrons. The van der Waals surface area contributed by atoms with Crippen LogP contribution in [0.4, 0.5) is 5.69 Å². The zero-order valence-corrected chi connectivity index (χ0v) is 18.8. The molecule has 2 aromatic carbocycles. The molecule has 0 spiro atoms. The number of aromatic nitrogens is 2. The van der Waals surface area contributed by atoms with Gasteiger partial charge in [0.15, 0.2) is 0 Å². The molecule has 1 N–H and O–H groups in total. The number of anilines is 1. The molecule has 9 heteroatoms. The van der Waals surface area contributed by atoms with Crippen molar-refractivity contribution in [2.24, 2.45) is 0 Å². The molecule has 0 saturated heterocycles. The van der Waals surface area contributed by atoms with Gasteiger partial charge in [-0.2, -0.15) is 0 Å². The number of imidazole rings is 1. The lowest BCUT2D eigenvalue weighted by molar-refractivity contribution is 0.0950. The number of sulfonamides is 1. The summed E-state index contributed by atoms with van der Waals surface area (Å²) in [6.45, 7) is 2.30. The second-order valence-electron chi connectivity index (χ2n) is 7.06. The number of hydrogen-bond donors (Lipinski definition) is 1. The minimum atomic E-state index is -3.74. The fourth-order valence-corrected chi connectivity index (χ4v) is 5.01. The van der Waals surface area contributed by atoms with Gasteiger partial charge in [-0.25, -0.2) is 13.4 Å². The highest BCUT2D eigenvalue weighted by Gasteiger charge is 2.23. The topological polar surface area (TPSA) is 83.8 Å². The molecular weight excluding hydrogens is 448 g/mol. The second-order valence-corrected chi connectivity index (χ2v) is 9.36. The van der Waals surface area contributed by atoms with Crippen molar-refractivity contribution in [1.29, 1.82) is 0 Å². The number of carbonyl (C=O) groups is 1. The molecule has 2 heterocycles. The average molecular weight is 469 g/mol. The molecule has 0 unspecified atom stereocenters. The zero-order chi connectivity index (χ0) is 22.7. The number of nitrogens with one attached hydrogen (secondary N) is 1. The number of carbonyl (C=O) groups excluding carboxylic acids is 1. The Hall–Kier alpha value is -3.36. The number of hydrogen-bond acceptors (Lipinski definition) is 4. The number of rotatable bonds is 7. The Kier molecular flexibility index (Phi) is 6.16. The van der Waals surface area contributed by atoms with Crippen LogP contribution < -0.4 is 9.62 Å². The van der Waals surface area contributed by atoms with Crippen LogP contribution in [0.2, 0.25) is 5.02 Å². The van der Waals surface area contributed by atoms with E-state index in [1.165, 1.54) is 28.6 Å². The average Bonchev–Trinajstić information content (AvgIpc) is 3.20. The molecule has 4 rings (SSSR count). The number of benzene rings is 2. The Morgan fingerprint density at radius 2 is 1.75 bits per heavy atom. The van der Waals surface area contributed by atoms with Crippen molar-refractivity contribution in [3.8, 4) is 0 Å². The standard InChI is InChI=1S/C23H21ClN4O3S/c1-2-28(20-6-4-3-5-7-20)32(30,31)21-11-8-17(9-12-21)23(29)25-14-19-16-27-15-18(24)10-13-22(27)26-19/h3-13,15-16H,2,14H2,1H3,(H,25,29). The monoisotopic (exact) mass is 468 g/mol. The first kappa shape index (κ1) is 21.9. The largest absolute Gasteiger partial charge is 0.346 e. The molecule has 0 radical (unpaired) electrons. The lowest BCUT2D eigenvalue weighted by atomic mass is 10.2. The van der Waals surface area contributed by atoms with Crippen molar-refractivity contribution < 1.29 is 13.2 Å². The number of para-hydroxylation sites is 1. The molecule has 0 fully saturated rings. The first-order chi connectivity index (χ1) is 15.4. The SMILES string of the molecule is CCN(c1ccccc1)S(=O)(=O)c1ccc(C(=O)NCc2cn3cc(Cl)ccc3n2)cc1. The van der Waals surface area contributed by atoms with Gasteiger partial charge in [0.25, 0.3) is 15.9 Å². The van der Waals surface area contributed by atoms with Crippen LogP contribution in [0.1, 0.15) is 23.0 Å². The molecule has 0 atom stereocenters. The normalized spacial score (nSPS) is 11.4. The van der Waals surface area contributed by atoms with Crippen LogP contribution in [-0.2, 0) is 16.6 Å². The maximum absolute atomic E-state index is 13.1. The Morgan fingerprint density at radius 3 is 2.44 bits per heavy atom. The highest BCUT2D eigenvalue weighted by atomic mass is 35.5. The molecule has 1 amide bonds. The second kappa shape index (κ2) is 9.02. The van der Waals surface area contributed by atoms with Crippen molar-refractivity contribution in [2.45, 2.75) is 18.4 Å². The first-order valence-corrected chi connectivity index (χ1v) is 11.8. The Morgan fingerprint density at radius 1 is 1.03 bits per heavy atom. The molecule has 32 heavy (non-hydrogen) atoms. The summed E-state index contributed by atoms with van der Waals surface area (Å²) in [6, 6.07) is 18.4. The number of halogens is 1. The maximum atomic E-state index is 13.1. The molecular formula is C23H21ClN4O3S. The molecule has 0 aliphatic rings. The van der Waals surface area contributed by atoms with Gasteiger partial charge in [-0.05, 0) is 55.5 Å². The number of fused-ring (bicyclic) bond motifs is 1. The summed E-state index contributed by atoms with van der Waals surface area (Å²) in [5.41, 5.74) is 2.36. The van der Waals surface area contributed by atoms with Crippen LogP contribution in [0.5, 0.6) is 0 Å². The summed E-state index contributed by atoms with van der Waals surface area (Å²) < 4.78 is 29.3. The van der Waals surface area contributed by atoms with Gasteiger partial charge in [0.05, 0.1) is 27.8 Å². The van der Waals surface area contributed by atoms with Gasteiger partial charge in [0.2, 0.25) is 0 Å². The lowest BCUT2D eigenvalue weighted by Crippen LogP contribution is -2.30. The molecule has 7 nitrogen and oxygen atoms in total. The van der Waals surface area contributed by atoms with Gasteiger partial charge in [-0.3, -0.25) is 9.10 Å². The fourth-order valence-electron chi connectivity index (χ4n) is 3.37. The third kappa shape index (κ3) is 4.46. The minimum Gasteiger partial charge on any atom is -0.346 e. The smallest absolute Gasteiger partial charge is 0.264 e. The highest BCUT2D eigenvalue weighted by molar-refractivity contribution is 7.92. The van der Waals surface area contributed by atoms with Gasteiger partial charge in [-0.15, -0.1) is 0 Å².